The van der Waals surface area contributed by atoms with Crippen molar-refractivity contribution in [1.82, 2.24) is 5.16 Å². The average Bonchev–Trinajstić information content (AvgIpc) is 2.54. The highest BCUT2D eigenvalue weighted by atomic mass is 16.5. The molecule has 0 bridgehead atoms. The van der Waals surface area contributed by atoms with Gasteiger partial charge in [-0.15, -0.1) is 0 Å². The molecule has 0 aliphatic rings. The highest BCUT2D eigenvalue weighted by Gasteiger charge is 2.06. The van der Waals surface area contributed by atoms with Gasteiger partial charge in [-0.05, 0) is 12.8 Å². The van der Waals surface area contributed by atoms with Gasteiger partial charge in [0.05, 0.1) is 13.7 Å². The van der Waals surface area contributed by atoms with E-state index in [2.05, 4.69) is 19.2 Å². The van der Waals surface area contributed by atoms with E-state index in [0.29, 0.717) is 6.61 Å². The monoisotopic (exact) mass is 182 g/mol. The van der Waals surface area contributed by atoms with Gasteiger partial charge < -0.3 is 9.26 Å². The average molecular weight is 182 g/mol. The van der Waals surface area contributed by atoms with Crippen LogP contribution in [0.4, 0.5) is 0 Å². The van der Waals surface area contributed by atoms with Crippen molar-refractivity contribution < 1.29 is 9.26 Å². The van der Waals surface area contributed by atoms with Crippen LogP contribution in [-0.4, -0.2) is 5.16 Å². The molecule has 0 saturated carbocycles. The Morgan fingerprint density at radius 2 is 2.38 bits per heavy atom. The molecule has 73 valence electrons. The second-order valence-electron chi connectivity index (χ2n) is 3.09. The van der Waals surface area contributed by atoms with Gasteiger partial charge in [-0.1, -0.05) is 24.9 Å². The number of nitrogens with zero attached hydrogens (tertiary/aromatic N) is 1. The molecule has 1 rings (SSSR count). The van der Waals surface area contributed by atoms with Crippen molar-refractivity contribution in [1.29, 1.82) is 0 Å². The third kappa shape index (κ3) is 3.19. The largest absolute Gasteiger partial charge is 0.373 e. The summed E-state index contributed by atoms with van der Waals surface area (Å²) in [6, 6.07) is 0. The SMILES string of the molecule is [CH2]OCc1nocc1CCCCC. The summed E-state index contributed by atoms with van der Waals surface area (Å²) in [5, 5.41) is 3.84. The first-order valence-electron chi connectivity index (χ1n) is 4.67. The van der Waals surface area contributed by atoms with Gasteiger partial charge in [0.1, 0.15) is 12.0 Å². The Balaban J connectivity index is 2.40. The van der Waals surface area contributed by atoms with E-state index in [1.807, 2.05) is 0 Å². The summed E-state index contributed by atoms with van der Waals surface area (Å²) in [7, 11) is 3.32. The van der Waals surface area contributed by atoms with Crippen LogP contribution in [-0.2, 0) is 17.8 Å². The topological polar surface area (TPSA) is 35.3 Å². The highest BCUT2D eigenvalue weighted by molar-refractivity contribution is 5.13. The molecule has 0 unspecified atom stereocenters. The lowest BCUT2D eigenvalue weighted by molar-refractivity contribution is 0.218. The minimum atomic E-state index is 0.442. The van der Waals surface area contributed by atoms with E-state index >= 15 is 0 Å². The Labute approximate surface area is 79.1 Å². The zero-order chi connectivity index (χ0) is 9.52. The lowest BCUT2D eigenvalue weighted by Crippen LogP contribution is -1.93. The molecule has 1 aromatic heterocycles. The summed E-state index contributed by atoms with van der Waals surface area (Å²) in [6.45, 7) is 2.63. The van der Waals surface area contributed by atoms with E-state index in [9.17, 15) is 0 Å². The minimum Gasteiger partial charge on any atom is -0.373 e. The molecule has 0 saturated heterocycles. The molecule has 0 atom stereocenters. The Bertz CT molecular complexity index is 233. The summed E-state index contributed by atoms with van der Waals surface area (Å²) in [5.41, 5.74) is 2.03. The molecule has 1 radical (unpaired) electrons. The lowest BCUT2D eigenvalue weighted by Gasteiger charge is -1.98. The van der Waals surface area contributed by atoms with Crippen molar-refractivity contribution in [2.24, 2.45) is 0 Å². The molecular weight excluding hydrogens is 166 g/mol. The fourth-order valence-corrected chi connectivity index (χ4v) is 1.26. The van der Waals surface area contributed by atoms with Gasteiger partial charge in [-0.25, -0.2) is 0 Å². The molecule has 0 spiro atoms. The van der Waals surface area contributed by atoms with Gasteiger partial charge in [0, 0.05) is 5.56 Å². The zero-order valence-electron chi connectivity index (χ0n) is 8.08. The number of rotatable bonds is 6. The third-order valence-corrected chi connectivity index (χ3v) is 2.02. The molecule has 0 aromatic carbocycles. The molecule has 0 aliphatic carbocycles. The molecule has 0 fully saturated rings. The van der Waals surface area contributed by atoms with E-state index in [-0.39, 0.29) is 0 Å². The van der Waals surface area contributed by atoms with Gasteiger partial charge in [0.2, 0.25) is 0 Å². The van der Waals surface area contributed by atoms with Crippen molar-refractivity contribution in [3.8, 4) is 0 Å². The predicted molar refractivity (Wildman–Crippen MR) is 49.9 cm³/mol. The van der Waals surface area contributed by atoms with E-state index in [1.165, 1.54) is 19.3 Å². The standard InChI is InChI=1S/C10H16NO2/c1-3-4-5-6-9-7-13-11-10(9)8-12-2/h7H,2-6,8H2,1H3. The quantitative estimate of drug-likeness (QED) is 0.634. The van der Waals surface area contributed by atoms with Gasteiger partial charge in [-0.3, -0.25) is 0 Å². The molecular formula is C10H16NO2. The maximum Gasteiger partial charge on any atom is 0.127 e. The Morgan fingerprint density at radius 1 is 1.54 bits per heavy atom. The smallest absolute Gasteiger partial charge is 0.127 e. The van der Waals surface area contributed by atoms with Crippen LogP contribution in [0.15, 0.2) is 10.8 Å². The second kappa shape index (κ2) is 5.75. The zero-order valence-corrected chi connectivity index (χ0v) is 8.08. The number of ether oxygens (including phenoxy) is 1. The highest BCUT2D eigenvalue weighted by Crippen LogP contribution is 2.12. The van der Waals surface area contributed by atoms with Crippen molar-refractivity contribution in [3.63, 3.8) is 0 Å². The maximum absolute atomic E-state index is 4.87. The molecule has 0 N–H and O–H groups in total. The first-order chi connectivity index (χ1) is 6.38. The fourth-order valence-electron chi connectivity index (χ4n) is 1.26. The summed E-state index contributed by atoms with van der Waals surface area (Å²) in [6.07, 6.45) is 6.38. The van der Waals surface area contributed by atoms with E-state index < -0.39 is 0 Å². The van der Waals surface area contributed by atoms with E-state index in [1.54, 1.807) is 6.26 Å². The summed E-state index contributed by atoms with van der Waals surface area (Å²) >= 11 is 0. The van der Waals surface area contributed by atoms with E-state index in [4.69, 9.17) is 9.26 Å². The molecule has 13 heavy (non-hydrogen) atoms. The van der Waals surface area contributed by atoms with Crippen LogP contribution >= 0.6 is 0 Å². The first kappa shape index (κ1) is 10.3. The molecule has 3 nitrogen and oxygen atoms in total. The third-order valence-electron chi connectivity index (χ3n) is 2.02. The number of aryl methyl sites for hydroxylation is 1. The van der Waals surface area contributed by atoms with Gasteiger partial charge in [0.25, 0.3) is 0 Å². The molecule has 1 heterocycles. The van der Waals surface area contributed by atoms with Gasteiger partial charge in [0.15, 0.2) is 0 Å². The fraction of sp³-hybridized carbons (Fsp3) is 0.600. The maximum atomic E-state index is 4.87. The normalized spacial score (nSPS) is 10.6. The molecule has 3 heteroatoms. The number of hydrogen-bond acceptors (Lipinski definition) is 3. The van der Waals surface area contributed by atoms with Crippen LogP contribution in [0.2, 0.25) is 0 Å². The molecule has 1 aromatic rings. The second-order valence-corrected chi connectivity index (χ2v) is 3.09. The van der Waals surface area contributed by atoms with Crippen LogP contribution in [0.1, 0.15) is 37.4 Å². The van der Waals surface area contributed by atoms with Crippen molar-refractivity contribution in [3.05, 3.63) is 24.6 Å². The minimum absolute atomic E-state index is 0.442. The Morgan fingerprint density at radius 3 is 3.08 bits per heavy atom. The van der Waals surface area contributed by atoms with Crippen molar-refractivity contribution in [2.45, 2.75) is 39.2 Å². The first-order valence-corrected chi connectivity index (χ1v) is 4.67. The predicted octanol–water partition coefficient (Wildman–Crippen LogP) is 2.72. The van der Waals surface area contributed by atoms with Gasteiger partial charge >= 0.3 is 0 Å². The lowest BCUT2D eigenvalue weighted by atomic mass is 10.1. The van der Waals surface area contributed by atoms with E-state index in [0.717, 1.165) is 17.7 Å². The van der Waals surface area contributed by atoms with Crippen LogP contribution < -0.4 is 0 Å². The Hall–Kier alpha value is -0.830. The number of aromatic nitrogens is 1. The molecule has 0 aliphatic heterocycles. The number of unbranched alkanes of at least 4 members (excludes halogenated alkanes) is 2. The van der Waals surface area contributed by atoms with Crippen LogP contribution in [0.5, 0.6) is 0 Å². The van der Waals surface area contributed by atoms with Gasteiger partial charge in [-0.2, -0.15) is 0 Å². The van der Waals surface area contributed by atoms with Crippen LogP contribution in [0, 0.1) is 7.11 Å². The van der Waals surface area contributed by atoms with Crippen molar-refractivity contribution >= 4 is 0 Å². The summed E-state index contributed by atoms with van der Waals surface area (Å²) < 4.78 is 9.63. The number of hydrogen-bond donors (Lipinski definition) is 0. The summed E-state index contributed by atoms with van der Waals surface area (Å²) in [4.78, 5) is 0. The van der Waals surface area contributed by atoms with Crippen LogP contribution in [0.3, 0.4) is 0 Å². The summed E-state index contributed by atoms with van der Waals surface area (Å²) in [5.74, 6) is 0. The Kier molecular flexibility index (Phi) is 4.54. The van der Waals surface area contributed by atoms with Crippen molar-refractivity contribution in [2.75, 3.05) is 0 Å². The van der Waals surface area contributed by atoms with Crippen LogP contribution in [0.25, 0.3) is 0 Å². The molecule has 0 amide bonds.